The van der Waals surface area contributed by atoms with E-state index in [1.807, 2.05) is 5.32 Å². The Morgan fingerprint density at radius 1 is 1.26 bits per heavy atom. The number of aliphatic hydroxyl groups is 2. The summed E-state index contributed by atoms with van der Waals surface area (Å²) in [4.78, 5) is 10.9. The molecule has 1 rings (SSSR count). The Labute approximate surface area is 107 Å². The number of hydrogen-bond acceptors (Lipinski definition) is 3. The molecule has 0 bridgehead atoms. The highest BCUT2D eigenvalue weighted by molar-refractivity contribution is 5.73. The number of rotatable bonds is 4. The van der Waals surface area contributed by atoms with Gasteiger partial charge in [0.15, 0.2) is 0 Å². The average molecular weight is 277 g/mol. The number of carbonyl (C=O) groups excluding carboxylic acids is 1. The fourth-order valence-corrected chi connectivity index (χ4v) is 1.59. The van der Waals surface area contributed by atoms with Crippen LogP contribution in [0.4, 0.5) is 13.2 Å². The lowest BCUT2D eigenvalue weighted by molar-refractivity contribution is -0.358. The maximum absolute atomic E-state index is 12.6. The van der Waals surface area contributed by atoms with E-state index in [9.17, 15) is 28.2 Å². The van der Waals surface area contributed by atoms with Crippen LogP contribution in [-0.4, -0.2) is 34.1 Å². The van der Waals surface area contributed by atoms with E-state index in [1.54, 1.807) is 18.2 Å². The van der Waals surface area contributed by atoms with Crippen molar-refractivity contribution in [2.24, 2.45) is 0 Å². The Bertz CT molecular complexity index is 432. The van der Waals surface area contributed by atoms with Gasteiger partial charge in [-0.2, -0.15) is 13.2 Å². The lowest BCUT2D eigenvalue weighted by Gasteiger charge is -2.33. The fraction of sp³-hybridized carbons (Fsp3) is 0.417. The van der Waals surface area contributed by atoms with Crippen LogP contribution < -0.4 is 5.32 Å². The summed E-state index contributed by atoms with van der Waals surface area (Å²) in [5.74, 6) is -4.77. The zero-order valence-electron chi connectivity index (χ0n) is 10.1. The Hall–Kier alpha value is -1.60. The highest BCUT2D eigenvalue weighted by atomic mass is 19.4. The highest BCUT2D eigenvalue weighted by Gasteiger charge is 2.58. The topological polar surface area (TPSA) is 69.6 Å². The smallest absolute Gasteiger partial charge is 0.357 e. The third kappa shape index (κ3) is 3.93. The Balaban J connectivity index is 2.99. The van der Waals surface area contributed by atoms with Gasteiger partial charge in [0.25, 0.3) is 5.79 Å². The zero-order valence-corrected chi connectivity index (χ0v) is 10.1. The van der Waals surface area contributed by atoms with E-state index in [-0.39, 0.29) is 6.42 Å². The summed E-state index contributed by atoms with van der Waals surface area (Å²) >= 11 is 0. The molecule has 0 spiro atoms. The molecule has 4 nitrogen and oxygen atoms in total. The Morgan fingerprint density at radius 2 is 1.79 bits per heavy atom. The van der Waals surface area contributed by atoms with Crippen LogP contribution in [0.5, 0.6) is 0 Å². The van der Waals surface area contributed by atoms with Crippen LogP contribution in [0.2, 0.25) is 0 Å². The van der Waals surface area contributed by atoms with Gasteiger partial charge in [-0.15, -0.1) is 0 Å². The van der Waals surface area contributed by atoms with Gasteiger partial charge in [0.05, 0.1) is 6.04 Å². The molecule has 19 heavy (non-hydrogen) atoms. The number of carbonyl (C=O) groups is 1. The predicted octanol–water partition coefficient (Wildman–Crippen LogP) is 0.977. The third-order valence-corrected chi connectivity index (χ3v) is 2.56. The molecule has 0 aliphatic carbocycles. The van der Waals surface area contributed by atoms with Crippen LogP contribution in [0.15, 0.2) is 30.3 Å². The minimum atomic E-state index is -5.27. The van der Waals surface area contributed by atoms with Gasteiger partial charge in [-0.05, 0) is 12.0 Å². The lowest BCUT2D eigenvalue weighted by Crippen LogP contribution is -2.61. The van der Waals surface area contributed by atoms with E-state index in [1.165, 1.54) is 12.1 Å². The molecule has 1 amide bonds. The predicted molar refractivity (Wildman–Crippen MR) is 61.0 cm³/mol. The molecule has 0 saturated carbocycles. The second-order valence-corrected chi connectivity index (χ2v) is 4.17. The highest BCUT2D eigenvalue weighted by Crippen LogP contribution is 2.32. The van der Waals surface area contributed by atoms with Crippen LogP contribution in [0.3, 0.4) is 0 Å². The molecule has 0 saturated heterocycles. The molecule has 3 N–H and O–H groups in total. The van der Waals surface area contributed by atoms with Crippen molar-refractivity contribution < 1.29 is 28.2 Å². The normalized spacial score (nSPS) is 14.0. The summed E-state index contributed by atoms with van der Waals surface area (Å²) in [6, 6.07) is 6.05. The Kier molecular flexibility index (Phi) is 4.54. The minimum absolute atomic E-state index is 0.354. The fourth-order valence-electron chi connectivity index (χ4n) is 1.59. The second-order valence-electron chi connectivity index (χ2n) is 4.17. The molecule has 1 aromatic carbocycles. The number of amides is 1. The van der Waals surface area contributed by atoms with E-state index < -0.39 is 23.9 Å². The van der Waals surface area contributed by atoms with Gasteiger partial charge in [0.2, 0.25) is 5.91 Å². The van der Waals surface area contributed by atoms with Crippen molar-refractivity contribution in [1.82, 2.24) is 5.32 Å². The second kappa shape index (κ2) is 5.58. The monoisotopic (exact) mass is 277 g/mol. The van der Waals surface area contributed by atoms with Crippen LogP contribution in [0.1, 0.15) is 12.5 Å². The van der Waals surface area contributed by atoms with Gasteiger partial charge in [-0.25, -0.2) is 0 Å². The van der Waals surface area contributed by atoms with Gasteiger partial charge >= 0.3 is 6.18 Å². The van der Waals surface area contributed by atoms with Gasteiger partial charge in [0, 0.05) is 6.92 Å². The maximum Gasteiger partial charge on any atom is 0.445 e. The summed E-state index contributed by atoms with van der Waals surface area (Å²) in [7, 11) is 0. The SMILES string of the molecule is CC(=O)NC(Cc1ccccc1)C(O)(O)C(F)(F)F. The minimum Gasteiger partial charge on any atom is -0.357 e. The number of hydrogen-bond donors (Lipinski definition) is 3. The largest absolute Gasteiger partial charge is 0.445 e. The number of benzene rings is 1. The first-order valence-electron chi connectivity index (χ1n) is 5.47. The van der Waals surface area contributed by atoms with E-state index in [0.717, 1.165) is 6.92 Å². The van der Waals surface area contributed by atoms with Crippen LogP contribution in [0, 0.1) is 0 Å². The first kappa shape index (κ1) is 15.5. The van der Waals surface area contributed by atoms with Crippen molar-refractivity contribution >= 4 is 5.91 Å². The Morgan fingerprint density at radius 3 is 2.21 bits per heavy atom. The molecular weight excluding hydrogens is 263 g/mol. The molecular formula is C12H14F3NO3. The first-order valence-corrected chi connectivity index (χ1v) is 5.47. The molecule has 1 aromatic rings. The zero-order chi connectivity index (χ0) is 14.7. The quantitative estimate of drug-likeness (QED) is 0.718. The first-order chi connectivity index (χ1) is 8.64. The third-order valence-electron chi connectivity index (χ3n) is 2.56. The van der Waals surface area contributed by atoms with Gasteiger partial charge in [-0.1, -0.05) is 30.3 Å². The van der Waals surface area contributed by atoms with Crippen molar-refractivity contribution in [3.63, 3.8) is 0 Å². The van der Waals surface area contributed by atoms with Gasteiger partial charge < -0.3 is 15.5 Å². The molecule has 0 aromatic heterocycles. The summed E-state index contributed by atoms with van der Waals surface area (Å²) in [5, 5.41) is 20.4. The van der Waals surface area contributed by atoms with E-state index in [4.69, 9.17) is 0 Å². The molecule has 0 aliphatic rings. The van der Waals surface area contributed by atoms with Crippen LogP contribution in [0.25, 0.3) is 0 Å². The van der Waals surface area contributed by atoms with Crippen LogP contribution in [-0.2, 0) is 11.2 Å². The molecule has 106 valence electrons. The number of halogens is 3. The van der Waals surface area contributed by atoms with E-state index in [0.29, 0.717) is 5.56 Å². The summed E-state index contributed by atoms with van der Waals surface area (Å²) < 4.78 is 37.8. The standard InChI is InChI=1S/C12H14F3NO3/c1-8(17)16-10(11(18,19)12(13,14)15)7-9-5-3-2-4-6-9/h2-6,10,18-19H,7H2,1H3,(H,16,17). The van der Waals surface area contributed by atoms with Crippen molar-refractivity contribution in [2.45, 2.75) is 31.3 Å². The van der Waals surface area contributed by atoms with Gasteiger partial charge in [-0.3, -0.25) is 4.79 Å². The summed E-state index contributed by atoms with van der Waals surface area (Å²) in [6.45, 7) is 1.00. The van der Waals surface area contributed by atoms with Crippen molar-refractivity contribution in [2.75, 3.05) is 0 Å². The molecule has 0 fully saturated rings. The molecule has 0 heterocycles. The molecule has 1 unspecified atom stereocenters. The van der Waals surface area contributed by atoms with Crippen molar-refractivity contribution in [3.8, 4) is 0 Å². The van der Waals surface area contributed by atoms with Crippen LogP contribution >= 0.6 is 0 Å². The molecule has 0 aliphatic heterocycles. The molecule has 7 heteroatoms. The van der Waals surface area contributed by atoms with E-state index >= 15 is 0 Å². The number of alkyl halides is 3. The summed E-state index contributed by atoms with van der Waals surface area (Å²) in [5.41, 5.74) is 0.443. The summed E-state index contributed by atoms with van der Waals surface area (Å²) in [6.07, 6.45) is -5.62. The van der Waals surface area contributed by atoms with E-state index in [2.05, 4.69) is 0 Å². The van der Waals surface area contributed by atoms with Crippen molar-refractivity contribution in [3.05, 3.63) is 35.9 Å². The average Bonchev–Trinajstić information content (AvgIpc) is 2.27. The lowest BCUT2D eigenvalue weighted by atomic mass is 9.98. The van der Waals surface area contributed by atoms with Crippen molar-refractivity contribution in [1.29, 1.82) is 0 Å². The van der Waals surface area contributed by atoms with Gasteiger partial charge in [0.1, 0.15) is 0 Å². The molecule has 0 radical (unpaired) electrons. The maximum atomic E-state index is 12.6. The molecule has 1 atom stereocenters. The number of nitrogens with one attached hydrogen (secondary N) is 1.